The summed E-state index contributed by atoms with van der Waals surface area (Å²) in [5, 5.41) is 13.7. The first-order chi connectivity index (χ1) is 11.0. The van der Waals surface area contributed by atoms with E-state index in [0.29, 0.717) is 11.6 Å². The maximum atomic E-state index is 9.86. The summed E-state index contributed by atoms with van der Waals surface area (Å²) in [7, 11) is 1.95. The standard InChI is InChI=1S/C17H15BrClN3O/c1-22-15(11-3-2-4-13(18)7-11)10-21-17(22)20-9-12-8-14(19)5-6-16(12)23/h2-8,10,23H,9H2,1H3,(H,20,21). The van der Waals surface area contributed by atoms with Crippen molar-refractivity contribution in [3.05, 3.63) is 63.7 Å². The second kappa shape index (κ2) is 6.64. The van der Waals surface area contributed by atoms with Crippen LogP contribution in [0.5, 0.6) is 5.75 Å². The predicted molar refractivity (Wildman–Crippen MR) is 96.8 cm³/mol. The Morgan fingerprint density at radius 2 is 2.09 bits per heavy atom. The van der Waals surface area contributed by atoms with Crippen LogP contribution in [-0.4, -0.2) is 14.7 Å². The van der Waals surface area contributed by atoms with Crippen LogP contribution < -0.4 is 5.32 Å². The van der Waals surface area contributed by atoms with Crippen molar-refractivity contribution >= 4 is 33.5 Å². The summed E-state index contributed by atoms with van der Waals surface area (Å²) in [4.78, 5) is 4.41. The minimum absolute atomic E-state index is 0.211. The molecule has 0 atom stereocenters. The number of rotatable bonds is 4. The summed E-state index contributed by atoms with van der Waals surface area (Å²) in [6.07, 6.45) is 1.82. The van der Waals surface area contributed by atoms with E-state index >= 15 is 0 Å². The van der Waals surface area contributed by atoms with Gasteiger partial charge in [0.1, 0.15) is 5.75 Å². The van der Waals surface area contributed by atoms with E-state index in [4.69, 9.17) is 11.6 Å². The molecule has 3 aromatic rings. The molecule has 118 valence electrons. The molecular weight excluding hydrogens is 378 g/mol. The highest BCUT2D eigenvalue weighted by atomic mass is 79.9. The number of nitrogens with one attached hydrogen (secondary N) is 1. The molecule has 0 unspecified atom stereocenters. The molecule has 1 aromatic heterocycles. The van der Waals surface area contributed by atoms with E-state index in [0.717, 1.165) is 27.2 Å². The molecule has 4 nitrogen and oxygen atoms in total. The Bertz CT molecular complexity index is 848. The molecule has 23 heavy (non-hydrogen) atoms. The number of hydrogen-bond acceptors (Lipinski definition) is 3. The highest BCUT2D eigenvalue weighted by Gasteiger charge is 2.10. The fraction of sp³-hybridized carbons (Fsp3) is 0.118. The Kier molecular flexibility index (Phi) is 4.59. The summed E-state index contributed by atoms with van der Waals surface area (Å²) < 4.78 is 3.00. The van der Waals surface area contributed by atoms with Crippen molar-refractivity contribution in [1.82, 2.24) is 9.55 Å². The van der Waals surface area contributed by atoms with Crippen LogP contribution in [0.15, 0.2) is 53.1 Å². The topological polar surface area (TPSA) is 50.1 Å². The molecule has 2 aromatic carbocycles. The molecule has 0 aliphatic rings. The number of aromatic hydroxyl groups is 1. The molecule has 0 bridgehead atoms. The molecule has 0 aliphatic carbocycles. The average Bonchev–Trinajstić information content (AvgIpc) is 2.89. The van der Waals surface area contributed by atoms with Gasteiger partial charge in [-0.2, -0.15) is 0 Å². The summed E-state index contributed by atoms with van der Waals surface area (Å²) >= 11 is 9.45. The number of phenolic OH excluding ortho intramolecular Hbond substituents is 1. The van der Waals surface area contributed by atoms with Crippen LogP contribution in [0.25, 0.3) is 11.3 Å². The Balaban J connectivity index is 1.81. The van der Waals surface area contributed by atoms with E-state index in [-0.39, 0.29) is 5.75 Å². The minimum atomic E-state index is 0.211. The zero-order chi connectivity index (χ0) is 16.4. The number of anilines is 1. The molecule has 1 heterocycles. The summed E-state index contributed by atoms with van der Waals surface area (Å²) in [5.41, 5.74) is 2.81. The average molecular weight is 393 g/mol. The van der Waals surface area contributed by atoms with Crippen LogP contribution in [-0.2, 0) is 13.6 Å². The van der Waals surface area contributed by atoms with Crippen molar-refractivity contribution in [2.24, 2.45) is 7.05 Å². The van der Waals surface area contributed by atoms with Crippen molar-refractivity contribution in [2.75, 3.05) is 5.32 Å². The number of benzene rings is 2. The third-order valence-corrected chi connectivity index (χ3v) is 4.32. The van der Waals surface area contributed by atoms with Crippen molar-refractivity contribution < 1.29 is 5.11 Å². The van der Waals surface area contributed by atoms with Gasteiger partial charge >= 0.3 is 0 Å². The van der Waals surface area contributed by atoms with Crippen molar-refractivity contribution in [2.45, 2.75) is 6.54 Å². The van der Waals surface area contributed by atoms with E-state index in [9.17, 15) is 5.11 Å². The number of halogens is 2. The van der Waals surface area contributed by atoms with Gasteiger partial charge in [-0.25, -0.2) is 4.98 Å². The predicted octanol–water partition coefficient (Wildman–Crippen LogP) is 4.82. The van der Waals surface area contributed by atoms with E-state index < -0.39 is 0 Å². The first kappa shape index (κ1) is 15.9. The van der Waals surface area contributed by atoms with Crippen LogP contribution in [0.1, 0.15) is 5.56 Å². The summed E-state index contributed by atoms with van der Waals surface area (Å²) in [5.74, 6) is 0.933. The fourth-order valence-corrected chi connectivity index (χ4v) is 2.95. The Morgan fingerprint density at radius 1 is 1.26 bits per heavy atom. The van der Waals surface area contributed by atoms with Crippen LogP contribution in [0.3, 0.4) is 0 Å². The van der Waals surface area contributed by atoms with Gasteiger partial charge in [-0.05, 0) is 30.3 Å². The van der Waals surface area contributed by atoms with Gasteiger partial charge in [0.15, 0.2) is 0 Å². The maximum absolute atomic E-state index is 9.86. The largest absolute Gasteiger partial charge is 0.508 e. The lowest BCUT2D eigenvalue weighted by Crippen LogP contribution is -2.06. The zero-order valence-electron chi connectivity index (χ0n) is 12.4. The molecule has 0 radical (unpaired) electrons. The summed E-state index contributed by atoms with van der Waals surface area (Å²) in [6, 6.07) is 13.0. The van der Waals surface area contributed by atoms with Gasteiger partial charge in [0.25, 0.3) is 0 Å². The maximum Gasteiger partial charge on any atom is 0.203 e. The van der Waals surface area contributed by atoms with Gasteiger partial charge in [0, 0.05) is 34.2 Å². The third kappa shape index (κ3) is 3.51. The number of phenols is 1. The highest BCUT2D eigenvalue weighted by molar-refractivity contribution is 9.10. The van der Waals surface area contributed by atoms with Gasteiger partial charge in [0.05, 0.1) is 11.9 Å². The van der Waals surface area contributed by atoms with E-state index in [1.54, 1.807) is 18.2 Å². The second-order valence-electron chi connectivity index (χ2n) is 5.16. The van der Waals surface area contributed by atoms with Crippen molar-refractivity contribution in [3.63, 3.8) is 0 Å². The lowest BCUT2D eigenvalue weighted by atomic mass is 10.2. The van der Waals surface area contributed by atoms with Gasteiger partial charge in [-0.1, -0.05) is 39.7 Å². The first-order valence-corrected chi connectivity index (χ1v) is 8.20. The molecule has 0 aliphatic heterocycles. The normalized spacial score (nSPS) is 10.7. The van der Waals surface area contributed by atoms with E-state index in [1.807, 2.05) is 42.1 Å². The Labute approximate surface area is 147 Å². The summed E-state index contributed by atoms with van der Waals surface area (Å²) in [6.45, 7) is 0.440. The van der Waals surface area contributed by atoms with Crippen molar-refractivity contribution in [3.8, 4) is 17.0 Å². The molecule has 0 fully saturated rings. The van der Waals surface area contributed by atoms with Crippen molar-refractivity contribution in [1.29, 1.82) is 0 Å². The lowest BCUT2D eigenvalue weighted by Gasteiger charge is -2.10. The van der Waals surface area contributed by atoms with E-state index in [2.05, 4.69) is 26.2 Å². The van der Waals surface area contributed by atoms with Gasteiger partial charge < -0.3 is 15.0 Å². The monoisotopic (exact) mass is 391 g/mol. The molecular formula is C17H15BrClN3O. The van der Waals surface area contributed by atoms with Crippen LogP contribution in [0, 0.1) is 0 Å². The molecule has 6 heteroatoms. The second-order valence-corrected chi connectivity index (χ2v) is 6.52. The smallest absolute Gasteiger partial charge is 0.203 e. The first-order valence-electron chi connectivity index (χ1n) is 7.03. The Hall–Kier alpha value is -1.98. The van der Waals surface area contributed by atoms with Crippen LogP contribution in [0.4, 0.5) is 5.95 Å². The van der Waals surface area contributed by atoms with E-state index in [1.165, 1.54) is 0 Å². The molecule has 0 spiro atoms. The molecule has 0 saturated heterocycles. The minimum Gasteiger partial charge on any atom is -0.508 e. The quantitative estimate of drug-likeness (QED) is 0.669. The van der Waals surface area contributed by atoms with Gasteiger partial charge in [-0.15, -0.1) is 0 Å². The van der Waals surface area contributed by atoms with Crippen LogP contribution in [0.2, 0.25) is 5.02 Å². The molecule has 0 saturated carbocycles. The Morgan fingerprint density at radius 3 is 2.87 bits per heavy atom. The zero-order valence-corrected chi connectivity index (χ0v) is 14.8. The number of nitrogens with zero attached hydrogens (tertiary/aromatic N) is 2. The SMILES string of the molecule is Cn1c(-c2cccc(Br)c2)cnc1NCc1cc(Cl)ccc1O. The molecule has 0 amide bonds. The fourth-order valence-electron chi connectivity index (χ4n) is 2.36. The molecule has 2 N–H and O–H groups in total. The number of aromatic nitrogens is 2. The number of imidazole rings is 1. The van der Waals surface area contributed by atoms with Gasteiger partial charge in [0.2, 0.25) is 5.95 Å². The number of hydrogen-bond donors (Lipinski definition) is 2. The van der Waals surface area contributed by atoms with Gasteiger partial charge in [-0.3, -0.25) is 0 Å². The third-order valence-electron chi connectivity index (χ3n) is 3.59. The molecule has 3 rings (SSSR count). The lowest BCUT2D eigenvalue weighted by molar-refractivity contribution is 0.469. The highest BCUT2D eigenvalue weighted by Crippen LogP contribution is 2.26. The van der Waals surface area contributed by atoms with Crippen LogP contribution >= 0.6 is 27.5 Å².